The van der Waals surface area contributed by atoms with Crippen molar-refractivity contribution in [2.45, 2.75) is 66.3 Å². The van der Waals surface area contributed by atoms with Gasteiger partial charge in [-0.3, -0.25) is 14.5 Å². The normalized spacial score (nSPS) is 13.7. The van der Waals surface area contributed by atoms with Crippen molar-refractivity contribution in [3.63, 3.8) is 0 Å². The van der Waals surface area contributed by atoms with Gasteiger partial charge in [0.1, 0.15) is 11.6 Å². The third kappa shape index (κ3) is 5.20. The quantitative estimate of drug-likeness (QED) is 0.653. The van der Waals surface area contributed by atoms with E-state index in [4.69, 9.17) is 4.52 Å². The van der Waals surface area contributed by atoms with Gasteiger partial charge in [-0.25, -0.2) is 9.97 Å². The molecular formula is C21H30N6O3. The van der Waals surface area contributed by atoms with Gasteiger partial charge in [0.25, 0.3) is 0 Å². The van der Waals surface area contributed by atoms with E-state index in [0.717, 1.165) is 17.7 Å². The average Bonchev–Trinajstić information content (AvgIpc) is 3.10. The molecule has 3 heterocycles. The summed E-state index contributed by atoms with van der Waals surface area (Å²) in [4.78, 5) is 41.8. The number of anilines is 1. The maximum atomic E-state index is 12.5. The van der Waals surface area contributed by atoms with Gasteiger partial charge in [0, 0.05) is 44.1 Å². The fraction of sp³-hybridized carbons (Fsp3) is 0.619. The largest absolute Gasteiger partial charge is 0.339 e. The molecule has 0 radical (unpaired) electrons. The smallest absolute Gasteiger partial charge is 0.228 e. The van der Waals surface area contributed by atoms with E-state index in [-0.39, 0.29) is 24.8 Å². The summed E-state index contributed by atoms with van der Waals surface area (Å²) < 4.78 is 5.06. The minimum Gasteiger partial charge on any atom is -0.339 e. The SMILES string of the molecule is Cc1noc(CCC(=O)N(C)Cc2nc(C)c3c(n2)N(CCC(C)C)C(=O)CC3)n1. The van der Waals surface area contributed by atoms with E-state index in [2.05, 4.69) is 34.0 Å². The third-order valence-electron chi connectivity index (χ3n) is 5.24. The van der Waals surface area contributed by atoms with Gasteiger partial charge in [0.15, 0.2) is 5.82 Å². The molecule has 0 atom stereocenters. The molecule has 2 aromatic heterocycles. The van der Waals surface area contributed by atoms with Crippen molar-refractivity contribution in [3.8, 4) is 0 Å². The predicted molar refractivity (Wildman–Crippen MR) is 111 cm³/mol. The van der Waals surface area contributed by atoms with Crippen LogP contribution in [0.4, 0.5) is 5.82 Å². The number of hydrogen-bond acceptors (Lipinski definition) is 7. The highest BCUT2D eigenvalue weighted by Crippen LogP contribution is 2.28. The predicted octanol–water partition coefficient (Wildman–Crippen LogP) is 2.39. The topological polar surface area (TPSA) is 105 Å². The van der Waals surface area contributed by atoms with Crippen LogP contribution in [0.5, 0.6) is 0 Å². The van der Waals surface area contributed by atoms with Crippen molar-refractivity contribution in [1.29, 1.82) is 0 Å². The lowest BCUT2D eigenvalue weighted by molar-refractivity contribution is -0.130. The van der Waals surface area contributed by atoms with Crippen molar-refractivity contribution in [3.05, 3.63) is 28.8 Å². The Kier molecular flexibility index (Phi) is 6.79. The first-order valence-corrected chi connectivity index (χ1v) is 10.4. The lowest BCUT2D eigenvalue weighted by Gasteiger charge is -2.30. The lowest BCUT2D eigenvalue weighted by Crippen LogP contribution is -2.38. The van der Waals surface area contributed by atoms with Gasteiger partial charge in [0.05, 0.1) is 6.54 Å². The summed E-state index contributed by atoms with van der Waals surface area (Å²) in [6.45, 7) is 8.90. The summed E-state index contributed by atoms with van der Waals surface area (Å²) in [5.74, 6) is 2.80. The zero-order chi connectivity index (χ0) is 21.8. The fourth-order valence-corrected chi connectivity index (χ4v) is 3.47. The summed E-state index contributed by atoms with van der Waals surface area (Å²) in [7, 11) is 1.72. The first-order chi connectivity index (χ1) is 14.2. The van der Waals surface area contributed by atoms with Crippen LogP contribution in [0.25, 0.3) is 0 Å². The highest BCUT2D eigenvalue weighted by molar-refractivity contribution is 5.95. The van der Waals surface area contributed by atoms with Crippen LogP contribution in [-0.4, -0.2) is 50.4 Å². The van der Waals surface area contributed by atoms with Crippen molar-refractivity contribution in [2.24, 2.45) is 5.92 Å². The Balaban J connectivity index is 1.70. The number of nitrogens with zero attached hydrogens (tertiary/aromatic N) is 6. The summed E-state index contributed by atoms with van der Waals surface area (Å²) in [5, 5.41) is 3.73. The maximum Gasteiger partial charge on any atom is 0.228 e. The minimum absolute atomic E-state index is 0.0578. The Bertz CT molecular complexity index is 923. The summed E-state index contributed by atoms with van der Waals surface area (Å²) in [6.07, 6.45) is 2.72. The highest BCUT2D eigenvalue weighted by Gasteiger charge is 2.28. The van der Waals surface area contributed by atoms with Crippen LogP contribution >= 0.6 is 0 Å². The molecule has 0 N–H and O–H groups in total. The van der Waals surface area contributed by atoms with Gasteiger partial charge >= 0.3 is 0 Å². The zero-order valence-corrected chi connectivity index (χ0v) is 18.4. The van der Waals surface area contributed by atoms with Gasteiger partial charge in [0.2, 0.25) is 17.7 Å². The molecule has 30 heavy (non-hydrogen) atoms. The molecule has 0 bridgehead atoms. The molecule has 0 saturated carbocycles. The second-order valence-corrected chi connectivity index (χ2v) is 8.24. The zero-order valence-electron chi connectivity index (χ0n) is 18.4. The van der Waals surface area contributed by atoms with Crippen LogP contribution < -0.4 is 4.90 Å². The molecule has 0 aliphatic carbocycles. The van der Waals surface area contributed by atoms with Crippen molar-refractivity contribution in [1.82, 2.24) is 25.0 Å². The molecule has 0 aromatic carbocycles. The Morgan fingerprint density at radius 3 is 2.63 bits per heavy atom. The van der Waals surface area contributed by atoms with Crippen LogP contribution in [0.15, 0.2) is 4.52 Å². The van der Waals surface area contributed by atoms with Gasteiger partial charge in [-0.05, 0) is 32.6 Å². The van der Waals surface area contributed by atoms with Gasteiger partial charge in [-0.2, -0.15) is 4.98 Å². The maximum absolute atomic E-state index is 12.5. The van der Waals surface area contributed by atoms with E-state index in [1.165, 1.54) is 0 Å². The van der Waals surface area contributed by atoms with Crippen LogP contribution in [0.1, 0.15) is 61.9 Å². The van der Waals surface area contributed by atoms with Crippen LogP contribution in [-0.2, 0) is 29.0 Å². The second-order valence-electron chi connectivity index (χ2n) is 8.24. The Hall–Kier alpha value is -2.84. The molecule has 9 heteroatoms. The van der Waals surface area contributed by atoms with E-state index < -0.39 is 0 Å². The van der Waals surface area contributed by atoms with Gasteiger partial charge < -0.3 is 9.42 Å². The molecule has 9 nitrogen and oxygen atoms in total. The number of rotatable bonds is 8. The van der Waals surface area contributed by atoms with E-state index >= 15 is 0 Å². The molecule has 0 saturated heterocycles. The third-order valence-corrected chi connectivity index (χ3v) is 5.24. The number of carbonyl (C=O) groups is 2. The van der Waals surface area contributed by atoms with E-state index in [1.54, 1.807) is 23.8 Å². The summed E-state index contributed by atoms with van der Waals surface area (Å²) >= 11 is 0. The van der Waals surface area contributed by atoms with E-state index in [0.29, 0.717) is 55.1 Å². The molecule has 0 spiro atoms. The molecule has 2 amide bonds. The fourth-order valence-electron chi connectivity index (χ4n) is 3.47. The number of hydrogen-bond donors (Lipinski definition) is 0. The summed E-state index contributed by atoms with van der Waals surface area (Å²) in [5.41, 5.74) is 1.90. The van der Waals surface area contributed by atoms with Crippen LogP contribution in [0.3, 0.4) is 0 Å². The molecule has 162 valence electrons. The van der Waals surface area contributed by atoms with Crippen molar-refractivity contribution in [2.75, 3.05) is 18.5 Å². The molecular weight excluding hydrogens is 384 g/mol. The van der Waals surface area contributed by atoms with Gasteiger partial charge in [-0.15, -0.1) is 0 Å². The number of aromatic nitrogens is 4. The number of fused-ring (bicyclic) bond motifs is 1. The summed E-state index contributed by atoms with van der Waals surface area (Å²) in [6, 6.07) is 0. The first-order valence-electron chi connectivity index (χ1n) is 10.4. The van der Waals surface area contributed by atoms with E-state index in [9.17, 15) is 9.59 Å². The Morgan fingerprint density at radius 1 is 1.20 bits per heavy atom. The number of aryl methyl sites for hydroxylation is 3. The Labute approximate surface area is 176 Å². The molecule has 0 fully saturated rings. The number of amides is 2. The average molecular weight is 415 g/mol. The lowest BCUT2D eigenvalue weighted by atomic mass is 10.0. The van der Waals surface area contributed by atoms with E-state index in [1.807, 2.05) is 6.92 Å². The van der Waals surface area contributed by atoms with Crippen molar-refractivity contribution >= 4 is 17.6 Å². The standard InChI is InChI=1S/C21H30N6O3/c1-13(2)10-11-27-20(29)8-6-16-14(3)22-17(24-21(16)27)12-26(5)19(28)9-7-18-23-15(4)25-30-18/h13H,6-12H2,1-5H3. The second kappa shape index (κ2) is 9.32. The Morgan fingerprint density at radius 2 is 1.97 bits per heavy atom. The molecule has 1 aliphatic rings. The molecule has 3 rings (SSSR count). The van der Waals surface area contributed by atoms with Crippen LogP contribution in [0, 0.1) is 19.8 Å². The van der Waals surface area contributed by atoms with Crippen molar-refractivity contribution < 1.29 is 14.1 Å². The molecule has 0 unspecified atom stereocenters. The highest BCUT2D eigenvalue weighted by atomic mass is 16.5. The first kappa shape index (κ1) is 21.9. The molecule has 1 aliphatic heterocycles. The monoisotopic (exact) mass is 414 g/mol. The number of carbonyl (C=O) groups excluding carboxylic acids is 2. The van der Waals surface area contributed by atoms with Crippen LogP contribution in [0.2, 0.25) is 0 Å². The minimum atomic E-state index is -0.0578. The van der Waals surface area contributed by atoms with Gasteiger partial charge in [-0.1, -0.05) is 19.0 Å². The molecule has 2 aromatic rings.